The molecule has 0 saturated carbocycles. The van der Waals surface area contributed by atoms with Crippen LogP contribution in [0.3, 0.4) is 0 Å². The van der Waals surface area contributed by atoms with E-state index in [1.165, 1.54) is 0 Å². The quantitative estimate of drug-likeness (QED) is 0.613. The molecule has 3 heteroatoms. The predicted molar refractivity (Wildman–Crippen MR) is 45.5 cm³/mol. The summed E-state index contributed by atoms with van der Waals surface area (Å²) in [7, 11) is 0. The van der Waals surface area contributed by atoms with E-state index in [0.717, 1.165) is 19.4 Å². The number of carbonyl (C=O) groups is 1. The van der Waals surface area contributed by atoms with Crippen LogP contribution in [0.2, 0.25) is 0 Å². The highest BCUT2D eigenvalue weighted by molar-refractivity contribution is 5.81. The molecule has 0 N–H and O–H groups in total. The van der Waals surface area contributed by atoms with Gasteiger partial charge in [-0.15, -0.1) is 0 Å². The first-order valence-corrected chi connectivity index (χ1v) is 4.43. The zero-order chi connectivity index (χ0) is 8.97. The van der Waals surface area contributed by atoms with Gasteiger partial charge in [0.1, 0.15) is 5.78 Å². The highest BCUT2D eigenvalue weighted by Gasteiger charge is 2.22. The Hall–Kier alpha value is -0.880. The lowest BCUT2D eigenvalue weighted by molar-refractivity contribution is -0.122. The fraction of sp³-hybridized carbons (Fsp3) is 0.778. The molecule has 1 fully saturated rings. The minimum absolute atomic E-state index is 0.0609. The van der Waals surface area contributed by atoms with Crippen LogP contribution in [0.5, 0.6) is 0 Å². The first kappa shape index (κ1) is 9.21. The van der Waals surface area contributed by atoms with E-state index in [4.69, 9.17) is 5.26 Å². The van der Waals surface area contributed by atoms with Gasteiger partial charge in [-0.25, -0.2) is 0 Å². The van der Waals surface area contributed by atoms with E-state index < -0.39 is 0 Å². The van der Waals surface area contributed by atoms with Crippen molar-refractivity contribution >= 4 is 5.78 Å². The van der Waals surface area contributed by atoms with E-state index in [9.17, 15) is 4.79 Å². The summed E-state index contributed by atoms with van der Waals surface area (Å²) in [5, 5.41) is 8.76. The maximum atomic E-state index is 11.1. The summed E-state index contributed by atoms with van der Waals surface area (Å²) in [6.45, 7) is 3.36. The van der Waals surface area contributed by atoms with Gasteiger partial charge in [0.2, 0.25) is 0 Å². The molecule has 0 bridgehead atoms. The van der Waals surface area contributed by atoms with Crippen LogP contribution in [-0.2, 0) is 4.79 Å². The standard InChI is InChI=1S/C9H14N2O/c1-2-8(6-10)11-5-3-4-9(12)7-11/h8H,2-5,7H2,1H3. The van der Waals surface area contributed by atoms with E-state index in [0.29, 0.717) is 13.0 Å². The summed E-state index contributed by atoms with van der Waals surface area (Å²) < 4.78 is 0. The lowest BCUT2D eigenvalue weighted by Crippen LogP contribution is -2.41. The molecule has 0 aromatic heterocycles. The van der Waals surface area contributed by atoms with Gasteiger partial charge in [-0.1, -0.05) is 6.92 Å². The van der Waals surface area contributed by atoms with E-state index in [-0.39, 0.29) is 11.8 Å². The Morgan fingerprint density at radius 2 is 2.50 bits per heavy atom. The van der Waals surface area contributed by atoms with Crippen molar-refractivity contribution in [2.75, 3.05) is 13.1 Å². The average Bonchev–Trinajstić information content (AvgIpc) is 2.07. The van der Waals surface area contributed by atoms with Gasteiger partial charge in [0, 0.05) is 13.0 Å². The number of likely N-dealkylation sites (tertiary alicyclic amines) is 1. The number of ketones is 1. The Morgan fingerprint density at radius 3 is 3.00 bits per heavy atom. The van der Waals surface area contributed by atoms with Crippen molar-refractivity contribution < 1.29 is 4.79 Å². The second kappa shape index (κ2) is 4.22. The topological polar surface area (TPSA) is 44.1 Å². The SMILES string of the molecule is CCC(C#N)N1CCCC(=O)C1. The van der Waals surface area contributed by atoms with Crippen molar-refractivity contribution in [2.24, 2.45) is 0 Å². The van der Waals surface area contributed by atoms with Crippen molar-refractivity contribution in [2.45, 2.75) is 32.2 Å². The molecule has 1 atom stereocenters. The van der Waals surface area contributed by atoms with Crippen molar-refractivity contribution in [1.29, 1.82) is 5.26 Å². The number of nitrogens with zero attached hydrogens (tertiary/aromatic N) is 2. The van der Waals surface area contributed by atoms with Crippen LogP contribution in [-0.4, -0.2) is 29.8 Å². The molecule has 66 valence electrons. The maximum absolute atomic E-state index is 11.1. The van der Waals surface area contributed by atoms with Crippen LogP contribution in [0, 0.1) is 11.3 Å². The van der Waals surface area contributed by atoms with Crippen LogP contribution in [0.1, 0.15) is 26.2 Å². The molecule has 0 aromatic rings. The Balaban J connectivity index is 2.50. The zero-order valence-electron chi connectivity index (χ0n) is 7.42. The number of rotatable bonds is 2. The summed E-state index contributed by atoms with van der Waals surface area (Å²) in [5.74, 6) is 0.273. The number of piperidine rings is 1. The molecule has 1 heterocycles. The molecule has 0 radical (unpaired) electrons. The largest absolute Gasteiger partial charge is 0.298 e. The van der Waals surface area contributed by atoms with Gasteiger partial charge in [-0.3, -0.25) is 9.69 Å². The number of nitriles is 1. The molecule has 0 aromatic carbocycles. The van der Waals surface area contributed by atoms with Gasteiger partial charge in [0.25, 0.3) is 0 Å². The number of hydrogen-bond donors (Lipinski definition) is 0. The number of Topliss-reactive ketones (excluding diaryl/α,β-unsaturated/α-hetero) is 1. The molecule has 0 spiro atoms. The molecule has 1 unspecified atom stereocenters. The summed E-state index contributed by atoms with van der Waals surface area (Å²) in [5.41, 5.74) is 0. The third-order valence-corrected chi connectivity index (χ3v) is 2.26. The Morgan fingerprint density at radius 1 is 1.75 bits per heavy atom. The minimum Gasteiger partial charge on any atom is -0.298 e. The molecule has 1 aliphatic heterocycles. The van der Waals surface area contributed by atoms with Crippen molar-refractivity contribution in [3.05, 3.63) is 0 Å². The Bertz CT molecular complexity index is 207. The van der Waals surface area contributed by atoms with E-state index in [1.54, 1.807) is 0 Å². The molecule has 12 heavy (non-hydrogen) atoms. The summed E-state index contributed by atoms with van der Waals surface area (Å²) in [6, 6.07) is 2.15. The van der Waals surface area contributed by atoms with Gasteiger partial charge >= 0.3 is 0 Å². The highest BCUT2D eigenvalue weighted by atomic mass is 16.1. The van der Waals surface area contributed by atoms with Crippen LogP contribution < -0.4 is 0 Å². The maximum Gasteiger partial charge on any atom is 0.146 e. The monoisotopic (exact) mass is 166 g/mol. The summed E-state index contributed by atoms with van der Waals surface area (Å²) in [4.78, 5) is 13.0. The van der Waals surface area contributed by atoms with Crippen molar-refractivity contribution in [1.82, 2.24) is 4.90 Å². The predicted octanol–water partition coefficient (Wildman–Crippen LogP) is 0.953. The highest BCUT2D eigenvalue weighted by Crippen LogP contribution is 2.11. The Labute approximate surface area is 73.0 Å². The number of carbonyl (C=O) groups excluding carboxylic acids is 1. The second-order valence-corrected chi connectivity index (χ2v) is 3.17. The molecule has 0 aliphatic carbocycles. The third kappa shape index (κ3) is 2.05. The van der Waals surface area contributed by atoms with Gasteiger partial charge in [0.15, 0.2) is 0 Å². The molecule has 1 aliphatic rings. The fourth-order valence-electron chi connectivity index (χ4n) is 1.56. The van der Waals surface area contributed by atoms with Crippen LogP contribution >= 0.6 is 0 Å². The number of hydrogen-bond acceptors (Lipinski definition) is 3. The lowest BCUT2D eigenvalue weighted by Gasteiger charge is -2.28. The van der Waals surface area contributed by atoms with Gasteiger partial charge in [-0.2, -0.15) is 5.26 Å². The molecular weight excluding hydrogens is 152 g/mol. The second-order valence-electron chi connectivity index (χ2n) is 3.17. The van der Waals surface area contributed by atoms with Crippen molar-refractivity contribution in [3.63, 3.8) is 0 Å². The summed E-state index contributed by atoms with van der Waals surface area (Å²) in [6.07, 6.45) is 2.42. The van der Waals surface area contributed by atoms with Crippen molar-refractivity contribution in [3.8, 4) is 6.07 Å². The fourth-order valence-corrected chi connectivity index (χ4v) is 1.56. The Kier molecular flexibility index (Phi) is 3.24. The van der Waals surface area contributed by atoms with E-state index >= 15 is 0 Å². The minimum atomic E-state index is -0.0609. The molecule has 3 nitrogen and oxygen atoms in total. The van der Waals surface area contributed by atoms with Gasteiger partial charge < -0.3 is 0 Å². The first-order valence-electron chi connectivity index (χ1n) is 4.43. The van der Waals surface area contributed by atoms with E-state index in [1.807, 2.05) is 11.8 Å². The normalized spacial score (nSPS) is 21.8. The van der Waals surface area contributed by atoms with Gasteiger partial charge in [-0.05, 0) is 12.8 Å². The van der Waals surface area contributed by atoms with Crippen LogP contribution in [0.25, 0.3) is 0 Å². The van der Waals surface area contributed by atoms with Gasteiger partial charge in [0.05, 0.1) is 18.7 Å². The average molecular weight is 166 g/mol. The molecular formula is C9H14N2O. The smallest absolute Gasteiger partial charge is 0.146 e. The zero-order valence-corrected chi connectivity index (χ0v) is 7.42. The first-order chi connectivity index (χ1) is 5.77. The third-order valence-electron chi connectivity index (χ3n) is 2.26. The molecule has 1 saturated heterocycles. The molecule has 1 rings (SSSR count). The van der Waals surface area contributed by atoms with E-state index in [2.05, 4.69) is 6.07 Å². The molecule has 0 amide bonds. The van der Waals surface area contributed by atoms with Crippen LogP contribution in [0.4, 0.5) is 0 Å². The summed E-state index contributed by atoms with van der Waals surface area (Å²) >= 11 is 0. The lowest BCUT2D eigenvalue weighted by atomic mass is 10.1. The van der Waals surface area contributed by atoms with Crippen LogP contribution in [0.15, 0.2) is 0 Å².